The summed E-state index contributed by atoms with van der Waals surface area (Å²) in [5.74, 6) is 0.600. The highest BCUT2D eigenvalue weighted by atomic mass is 79.9. The van der Waals surface area contributed by atoms with Crippen molar-refractivity contribution in [2.24, 2.45) is 0 Å². The number of carbonyl (C=O) groups excluding carboxylic acids is 1. The van der Waals surface area contributed by atoms with E-state index in [-0.39, 0.29) is 6.29 Å². The largest absolute Gasteiger partial charge is 0.493 e. The summed E-state index contributed by atoms with van der Waals surface area (Å²) >= 11 is 3.36. The van der Waals surface area contributed by atoms with E-state index in [1.165, 1.54) is 6.42 Å². The van der Waals surface area contributed by atoms with E-state index in [1.54, 1.807) is 12.1 Å². The van der Waals surface area contributed by atoms with E-state index >= 15 is 0 Å². The topological polar surface area (TPSA) is 44.8 Å². The van der Waals surface area contributed by atoms with Crippen molar-refractivity contribution in [3.8, 4) is 5.75 Å². The molecule has 4 nitrogen and oxygen atoms in total. The van der Waals surface area contributed by atoms with Crippen molar-refractivity contribution >= 4 is 22.2 Å². The lowest BCUT2D eigenvalue weighted by atomic mass is 10.2. The molecule has 0 amide bonds. The Morgan fingerprint density at radius 1 is 1.35 bits per heavy atom. The molecule has 0 radical (unpaired) electrons. The summed E-state index contributed by atoms with van der Waals surface area (Å²) in [7, 11) is 0. The smallest absolute Gasteiger partial charge is 0.157 e. The summed E-state index contributed by atoms with van der Waals surface area (Å²) < 4.78 is 17.6. The van der Waals surface area contributed by atoms with Crippen LogP contribution in [0.3, 0.4) is 0 Å². The molecule has 0 saturated carbocycles. The molecule has 1 aromatic rings. The van der Waals surface area contributed by atoms with Gasteiger partial charge in [0, 0.05) is 17.5 Å². The van der Waals surface area contributed by atoms with E-state index in [0.29, 0.717) is 24.5 Å². The number of rotatable bonds is 7. The fourth-order valence-electron chi connectivity index (χ4n) is 2.03. The number of aldehydes is 1. The van der Waals surface area contributed by atoms with Crippen molar-refractivity contribution in [3.05, 3.63) is 28.2 Å². The van der Waals surface area contributed by atoms with Crippen LogP contribution in [0.2, 0.25) is 0 Å². The molecule has 1 aromatic carbocycles. The maximum Gasteiger partial charge on any atom is 0.157 e. The molecule has 0 N–H and O–H groups in total. The second kappa shape index (κ2) is 8.39. The van der Waals surface area contributed by atoms with Crippen molar-refractivity contribution in [1.82, 2.24) is 0 Å². The third-order valence-electron chi connectivity index (χ3n) is 3.09. The molecule has 110 valence electrons. The number of benzene rings is 1. The van der Waals surface area contributed by atoms with Gasteiger partial charge in [-0.1, -0.05) is 15.9 Å². The summed E-state index contributed by atoms with van der Waals surface area (Å²) in [5.41, 5.74) is 0.560. The van der Waals surface area contributed by atoms with Gasteiger partial charge in [0.2, 0.25) is 0 Å². The minimum atomic E-state index is -0.0554. The number of ether oxygens (including phenoxy) is 3. The van der Waals surface area contributed by atoms with Gasteiger partial charge in [0.15, 0.2) is 12.6 Å². The molecular formula is C15H19BrO4. The highest BCUT2D eigenvalue weighted by Crippen LogP contribution is 2.22. The average Bonchev–Trinajstić information content (AvgIpc) is 2.48. The van der Waals surface area contributed by atoms with Crippen LogP contribution in [0, 0.1) is 0 Å². The van der Waals surface area contributed by atoms with E-state index in [9.17, 15) is 4.79 Å². The molecule has 1 aliphatic heterocycles. The van der Waals surface area contributed by atoms with Gasteiger partial charge in [0.1, 0.15) is 5.75 Å². The van der Waals surface area contributed by atoms with Crippen molar-refractivity contribution in [1.29, 1.82) is 0 Å². The second-order valence-electron chi connectivity index (χ2n) is 4.67. The molecule has 5 heteroatoms. The molecular weight excluding hydrogens is 324 g/mol. The van der Waals surface area contributed by atoms with Crippen LogP contribution in [0.5, 0.6) is 5.75 Å². The number of halogens is 1. The molecule has 1 fully saturated rings. The molecule has 0 aromatic heterocycles. The van der Waals surface area contributed by atoms with Gasteiger partial charge < -0.3 is 14.2 Å². The molecule has 2 rings (SSSR count). The van der Waals surface area contributed by atoms with Gasteiger partial charge in [0.05, 0.1) is 18.8 Å². The van der Waals surface area contributed by atoms with Crippen molar-refractivity contribution in [2.45, 2.75) is 32.0 Å². The lowest BCUT2D eigenvalue weighted by Gasteiger charge is -2.22. The summed E-state index contributed by atoms with van der Waals surface area (Å²) in [6, 6.07) is 5.35. The summed E-state index contributed by atoms with van der Waals surface area (Å²) in [4.78, 5) is 10.9. The normalized spacial score (nSPS) is 18.8. The number of carbonyl (C=O) groups is 1. The Balaban J connectivity index is 1.67. The molecule has 0 bridgehead atoms. The number of hydrogen-bond donors (Lipinski definition) is 0. The molecule has 1 unspecified atom stereocenters. The van der Waals surface area contributed by atoms with Crippen LogP contribution in [-0.2, 0) is 9.47 Å². The molecule has 1 heterocycles. The Hall–Kier alpha value is -0.910. The first-order chi connectivity index (χ1) is 9.79. The molecule has 1 atom stereocenters. The van der Waals surface area contributed by atoms with Crippen molar-refractivity contribution < 1.29 is 19.0 Å². The first kappa shape index (κ1) is 15.5. The van der Waals surface area contributed by atoms with Gasteiger partial charge in [-0.2, -0.15) is 0 Å². The molecule has 0 aliphatic carbocycles. The SMILES string of the molecule is O=Cc1ccc(Br)cc1OCCCOC1CCCCO1. The van der Waals surface area contributed by atoms with Crippen LogP contribution in [0.4, 0.5) is 0 Å². The molecule has 20 heavy (non-hydrogen) atoms. The first-order valence-electron chi connectivity index (χ1n) is 6.90. The van der Waals surface area contributed by atoms with Gasteiger partial charge in [-0.25, -0.2) is 0 Å². The zero-order valence-electron chi connectivity index (χ0n) is 11.3. The van der Waals surface area contributed by atoms with Crippen LogP contribution < -0.4 is 4.74 Å². The predicted molar refractivity (Wildman–Crippen MR) is 79.2 cm³/mol. The lowest BCUT2D eigenvalue weighted by Crippen LogP contribution is -2.23. The van der Waals surface area contributed by atoms with Crippen LogP contribution in [-0.4, -0.2) is 32.4 Å². The Labute approximate surface area is 127 Å². The van der Waals surface area contributed by atoms with Crippen LogP contribution in [0.15, 0.2) is 22.7 Å². The van der Waals surface area contributed by atoms with Crippen molar-refractivity contribution in [3.63, 3.8) is 0 Å². The van der Waals surface area contributed by atoms with E-state index in [4.69, 9.17) is 14.2 Å². The van der Waals surface area contributed by atoms with Crippen LogP contribution in [0.25, 0.3) is 0 Å². The van der Waals surface area contributed by atoms with Gasteiger partial charge in [-0.05, 0) is 37.5 Å². The lowest BCUT2D eigenvalue weighted by molar-refractivity contribution is -0.163. The van der Waals surface area contributed by atoms with E-state index in [0.717, 1.165) is 36.6 Å². The number of hydrogen-bond acceptors (Lipinski definition) is 4. The summed E-state index contributed by atoms with van der Waals surface area (Å²) in [6.45, 7) is 1.92. The maximum atomic E-state index is 10.9. The highest BCUT2D eigenvalue weighted by molar-refractivity contribution is 9.10. The van der Waals surface area contributed by atoms with Gasteiger partial charge in [0.25, 0.3) is 0 Å². The fraction of sp³-hybridized carbons (Fsp3) is 0.533. The van der Waals surface area contributed by atoms with Crippen LogP contribution in [0.1, 0.15) is 36.0 Å². The van der Waals surface area contributed by atoms with Crippen molar-refractivity contribution in [2.75, 3.05) is 19.8 Å². The van der Waals surface area contributed by atoms with Crippen LogP contribution >= 0.6 is 15.9 Å². The predicted octanol–water partition coefficient (Wildman–Crippen LogP) is 3.57. The first-order valence-corrected chi connectivity index (χ1v) is 7.69. The molecule has 1 aliphatic rings. The van der Waals surface area contributed by atoms with Gasteiger partial charge in [-0.3, -0.25) is 4.79 Å². The molecule has 0 spiro atoms. The Kier molecular flexibility index (Phi) is 6.50. The third kappa shape index (κ3) is 4.89. The van der Waals surface area contributed by atoms with E-state index < -0.39 is 0 Å². The Morgan fingerprint density at radius 2 is 2.25 bits per heavy atom. The Bertz CT molecular complexity index is 430. The van der Waals surface area contributed by atoms with Gasteiger partial charge in [-0.15, -0.1) is 0 Å². The van der Waals surface area contributed by atoms with E-state index in [2.05, 4.69) is 15.9 Å². The zero-order chi connectivity index (χ0) is 14.2. The fourth-order valence-corrected chi connectivity index (χ4v) is 2.37. The average molecular weight is 343 g/mol. The van der Waals surface area contributed by atoms with Gasteiger partial charge >= 0.3 is 0 Å². The summed E-state index contributed by atoms with van der Waals surface area (Å²) in [6.07, 6.45) is 4.78. The minimum absolute atomic E-state index is 0.0554. The Morgan fingerprint density at radius 3 is 3.00 bits per heavy atom. The quantitative estimate of drug-likeness (QED) is 0.561. The van der Waals surface area contributed by atoms with E-state index in [1.807, 2.05) is 6.07 Å². The summed E-state index contributed by atoms with van der Waals surface area (Å²) in [5, 5.41) is 0. The highest BCUT2D eigenvalue weighted by Gasteiger charge is 2.13. The second-order valence-corrected chi connectivity index (χ2v) is 5.58. The monoisotopic (exact) mass is 342 g/mol. The molecule has 1 saturated heterocycles. The standard InChI is InChI=1S/C15H19BrO4/c16-13-6-5-12(11-17)14(10-13)18-8-3-9-20-15-4-1-2-7-19-15/h5-6,10-11,15H,1-4,7-9H2. The zero-order valence-corrected chi connectivity index (χ0v) is 12.9. The minimum Gasteiger partial charge on any atom is -0.493 e. The maximum absolute atomic E-state index is 10.9. The third-order valence-corrected chi connectivity index (χ3v) is 3.58.